The molecular formula is C11H24N2O2. The van der Waals surface area contributed by atoms with Gasteiger partial charge in [-0.25, -0.2) is 0 Å². The number of ether oxygens (including phenoxy) is 1. The molecule has 0 aromatic carbocycles. The smallest absolute Gasteiger partial charge is 0.311 e. The molecule has 0 aliphatic carbocycles. The Kier molecular flexibility index (Phi) is 6.52. The number of hydrogen-bond acceptors (Lipinski definition) is 4. The zero-order valence-electron chi connectivity index (χ0n) is 10.4. The van der Waals surface area contributed by atoms with Crippen LogP contribution in [-0.4, -0.2) is 44.2 Å². The molecule has 0 rings (SSSR count). The van der Waals surface area contributed by atoms with E-state index in [1.54, 1.807) is 0 Å². The third kappa shape index (κ3) is 5.14. The van der Waals surface area contributed by atoms with Crippen LogP contribution in [0.5, 0.6) is 0 Å². The zero-order valence-corrected chi connectivity index (χ0v) is 10.4. The maximum atomic E-state index is 11.4. The molecule has 0 atom stereocenters. The van der Waals surface area contributed by atoms with Crippen molar-refractivity contribution in [1.29, 1.82) is 0 Å². The van der Waals surface area contributed by atoms with Gasteiger partial charge in [0.05, 0.1) is 12.5 Å². The van der Waals surface area contributed by atoms with E-state index in [9.17, 15) is 4.79 Å². The molecule has 0 saturated carbocycles. The van der Waals surface area contributed by atoms with Gasteiger partial charge in [-0.15, -0.1) is 0 Å². The van der Waals surface area contributed by atoms with E-state index in [-0.39, 0.29) is 5.97 Å². The van der Waals surface area contributed by atoms with E-state index in [2.05, 4.69) is 11.8 Å². The van der Waals surface area contributed by atoms with Crippen molar-refractivity contribution in [3.63, 3.8) is 0 Å². The average Bonchev–Trinajstić information content (AvgIpc) is 2.22. The molecule has 0 heterocycles. The Hall–Kier alpha value is -0.610. The highest BCUT2D eigenvalue weighted by Gasteiger charge is 2.28. The summed E-state index contributed by atoms with van der Waals surface area (Å²) in [4.78, 5) is 13.7. The highest BCUT2D eigenvalue weighted by Crippen LogP contribution is 2.22. The molecule has 0 radical (unpaired) electrons. The quantitative estimate of drug-likeness (QED) is 0.641. The SMILES string of the molecule is CCN(CCN)CCC(C)(C)C(=O)OC. The van der Waals surface area contributed by atoms with Crippen LogP contribution in [0.1, 0.15) is 27.2 Å². The molecule has 90 valence electrons. The fourth-order valence-corrected chi connectivity index (χ4v) is 1.43. The van der Waals surface area contributed by atoms with Crippen molar-refractivity contribution >= 4 is 5.97 Å². The van der Waals surface area contributed by atoms with Gasteiger partial charge in [-0.05, 0) is 33.4 Å². The van der Waals surface area contributed by atoms with Crippen LogP contribution < -0.4 is 5.73 Å². The van der Waals surface area contributed by atoms with Crippen LogP contribution in [-0.2, 0) is 9.53 Å². The van der Waals surface area contributed by atoms with Crippen molar-refractivity contribution in [2.75, 3.05) is 33.3 Å². The number of hydrogen-bond donors (Lipinski definition) is 1. The summed E-state index contributed by atoms with van der Waals surface area (Å²) in [6.07, 6.45) is 0.799. The summed E-state index contributed by atoms with van der Waals surface area (Å²) >= 11 is 0. The Labute approximate surface area is 92.8 Å². The van der Waals surface area contributed by atoms with Gasteiger partial charge in [0.25, 0.3) is 0 Å². The lowest BCUT2D eigenvalue weighted by Gasteiger charge is -2.26. The first-order valence-electron chi connectivity index (χ1n) is 5.48. The van der Waals surface area contributed by atoms with Crippen LogP contribution >= 0.6 is 0 Å². The molecule has 0 aliphatic heterocycles. The Morgan fingerprint density at radius 2 is 2.00 bits per heavy atom. The molecule has 15 heavy (non-hydrogen) atoms. The number of nitrogens with two attached hydrogens (primary N) is 1. The molecule has 0 amide bonds. The highest BCUT2D eigenvalue weighted by molar-refractivity contribution is 5.75. The monoisotopic (exact) mass is 216 g/mol. The number of esters is 1. The summed E-state index contributed by atoms with van der Waals surface area (Å²) in [6, 6.07) is 0. The largest absolute Gasteiger partial charge is 0.469 e. The maximum absolute atomic E-state index is 11.4. The third-order valence-corrected chi connectivity index (χ3v) is 2.68. The van der Waals surface area contributed by atoms with E-state index in [0.29, 0.717) is 6.54 Å². The van der Waals surface area contributed by atoms with Crippen molar-refractivity contribution in [1.82, 2.24) is 4.90 Å². The summed E-state index contributed by atoms with van der Waals surface area (Å²) in [6.45, 7) is 9.32. The van der Waals surface area contributed by atoms with Crippen molar-refractivity contribution in [2.24, 2.45) is 11.1 Å². The fourth-order valence-electron chi connectivity index (χ4n) is 1.43. The van der Waals surface area contributed by atoms with Crippen LogP contribution in [0.15, 0.2) is 0 Å². The van der Waals surface area contributed by atoms with E-state index >= 15 is 0 Å². The van der Waals surface area contributed by atoms with Gasteiger partial charge in [0.1, 0.15) is 0 Å². The van der Waals surface area contributed by atoms with Gasteiger partial charge < -0.3 is 15.4 Å². The second-order valence-electron chi connectivity index (χ2n) is 4.35. The average molecular weight is 216 g/mol. The van der Waals surface area contributed by atoms with Gasteiger partial charge in [-0.3, -0.25) is 4.79 Å². The van der Waals surface area contributed by atoms with Crippen molar-refractivity contribution in [2.45, 2.75) is 27.2 Å². The zero-order chi connectivity index (χ0) is 11.9. The number of carbonyl (C=O) groups is 1. The minimum absolute atomic E-state index is 0.147. The number of methoxy groups -OCH3 is 1. The summed E-state index contributed by atoms with van der Waals surface area (Å²) in [5, 5.41) is 0. The highest BCUT2D eigenvalue weighted by atomic mass is 16.5. The summed E-state index contributed by atoms with van der Waals surface area (Å²) in [5.41, 5.74) is 5.09. The topological polar surface area (TPSA) is 55.6 Å². The van der Waals surface area contributed by atoms with Crippen molar-refractivity contribution in [3.05, 3.63) is 0 Å². The molecule has 0 fully saturated rings. The van der Waals surface area contributed by atoms with Gasteiger partial charge in [-0.1, -0.05) is 6.92 Å². The Morgan fingerprint density at radius 3 is 2.40 bits per heavy atom. The molecule has 0 spiro atoms. The van der Waals surface area contributed by atoms with Gasteiger partial charge in [-0.2, -0.15) is 0 Å². The van der Waals surface area contributed by atoms with E-state index in [0.717, 1.165) is 26.1 Å². The second kappa shape index (κ2) is 6.80. The molecule has 0 unspecified atom stereocenters. The van der Waals surface area contributed by atoms with Crippen LogP contribution in [0.2, 0.25) is 0 Å². The first-order chi connectivity index (χ1) is 6.97. The van der Waals surface area contributed by atoms with Crippen molar-refractivity contribution in [3.8, 4) is 0 Å². The molecule has 4 nitrogen and oxygen atoms in total. The first kappa shape index (κ1) is 14.4. The summed E-state index contributed by atoms with van der Waals surface area (Å²) < 4.78 is 4.76. The molecule has 0 saturated heterocycles. The van der Waals surface area contributed by atoms with Gasteiger partial charge in [0.15, 0.2) is 0 Å². The Bertz CT molecular complexity index is 193. The lowest BCUT2D eigenvalue weighted by atomic mass is 9.89. The van der Waals surface area contributed by atoms with Crippen LogP contribution in [0, 0.1) is 5.41 Å². The minimum Gasteiger partial charge on any atom is -0.469 e. The van der Waals surface area contributed by atoms with Crippen molar-refractivity contribution < 1.29 is 9.53 Å². The number of carbonyl (C=O) groups excluding carboxylic acids is 1. The molecule has 0 aliphatic rings. The molecule has 2 N–H and O–H groups in total. The second-order valence-corrected chi connectivity index (χ2v) is 4.35. The lowest BCUT2D eigenvalue weighted by Crippen LogP contribution is -2.35. The van der Waals surface area contributed by atoms with E-state index in [4.69, 9.17) is 10.5 Å². The third-order valence-electron chi connectivity index (χ3n) is 2.68. The number of likely N-dealkylation sites (N-methyl/N-ethyl adjacent to an activating group) is 1. The normalized spacial score (nSPS) is 11.9. The molecule has 4 heteroatoms. The predicted octanol–water partition coefficient (Wildman–Crippen LogP) is 0.856. The molecular weight excluding hydrogens is 192 g/mol. The van der Waals surface area contributed by atoms with E-state index < -0.39 is 5.41 Å². The van der Waals surface area contributed by atoms with Gasteiger partial charge in [0.2, 0.25) is 0 Å². The lowest BCUT2D eigenvalue weighted by molar-refractivity contribution is -0.151. The molecule has 0 bridgehead atoms. The summed E-state index contributed by atoms with van der Waals surface area (Å²) in [5.74, 6) is -0.147. The standard InChI is InChI=1S/C11H24N2O2/c1-5-13(9-7-12)8-6-11(2,3)10(14)15-4/h5-9,12H2,1-4H3. The van der Waals surface area contributed by atoms with Crippen LogP contribution in [0.3, 0.4) is 0 Å². The van der Waals surface area contributed by atoms with E-state index in [1.807, 2.05) is 13.8 Å². The minimum atomic E-state index is -0.406. The molecule has 0 aromatic heterocycles. The van der Waals surface area contributed by atoms with E-state index in [1.165, 1.54) is 7.11 Å². The Balaban J connectivity index is 4.05. The first-order valence-corrected chi connectivity index (χ1v) is 5.48. The molecule has 0 aromatic rings. The summed E-state index contributed by atoms with van der Waals surface area (Å²) in [7, 11) is 1.43. The number of rotatable bonds is 7. The fraction of sp³-hybridized carbons (Fsp3) is 0.909. The Morgan fingerprint density at radius 1 is 1.40 bits per heavy atom. The van der Waals surface area contributed by atoms with Crippen LogP contribution in [0.4, 0.5) is 0 Å². The number of nitrogens with zero attached hydrogens (tertiary/aromatic N) is 1. The van der Waals surface area contributed by atoms with Gasteiger partial charge >= 0.3 is 5.97 Å². The van der Waals surface area contributed by atoms with Gasteiger partial charge in [0, 0.05) is 13.1 Å². The van der Waals surface area contributed by atoms with Crippen LogP contribution in [0.25, 0.3) is 0 Å². The maximum Gasteiger partial charge on any atom is 0.311 e. The predicted molar refractivity (Wildman–Crippen MR) is 61.6 cm³/mol.